The van der Waals surface area contributed by atoms with E-state index in [9.17, 15) is 14.5 Å². The van der Waals surface area contributed by atoms with E-state index in [0.29, 0.717) is 5.82 Å². The molecule has 2 aromatic rings. The predicted octanol–water partition coefficient (Wildman–Crippen LogP) is 2.79. The zero-order valence-electron chi connectivity index (χ0n) is 10.9. The van der Waals surface area contributed by atoms with Crippen molar-refractivity contribution in [2.45, 2.75) is 0 Å². The molecule has 0 atom stereocenters. The lowest BCUT2D eigenvalue weighted by atomic mass is 10.2. The molecule has 1 heterocycles. The van der Waals surface area contributed by atoms with Gasteiger partial charge in [0.05, 0.1) is 16.2 Å². The second-order valence-electron chi connectivity index (χ2n) is 4.00. The van der Waals surface area contributed by atoms with Gasteiger partial charge >= 0.3 is 5.69 Å². The van der Waals surface area contributed by atoms with Gasteiger partial charge in [0.2, 0.25) is 5.82 Å². The van der Waals surface area contributed by atoms with Gasteiger partial charge in [-0.2, -0.15) is 5.26 Å². The Hall–Kier alpha value is -3.21. The summed E-state index contributed by atoms with van der Waals surface area (Å²) in [5.74, 6) is -0.179. The Labute approximate surface area is 119 Å². The largest absolute Gasteiger partial charge is 0.373 e. The van der Waals surface area contributed by atoms with Gasteiger partial charge in [-0.3, -0.25) is 10.1 Å². The molecule has 1 aromatic carbocycles. The van der Waals surface area contributed by atoms with Crippen LogP contribution in [-0.2, 0) is 0 Å². The molecule has 0 amide bonds. The summed E-state index contributed by atoms with van der Waals surface area (Å²) in [6, 6.07) is 8.08. The molecule has 0 bridgehead atoms. The molecule has 0 aliphatic rings. The number of nitrogens with zero attached hydrogens (tertiary/aromatic N) is 3. The first-order valence-electron chi connectivity index (χ1n) is 5.85. The molecule has 0 aliphatic carbocycles. The van der Waals surface area contributed by atoms with Gasteiger partial charge in [0, 0.05) is 13.1 Å². The summed E-state index contributed by atoms with van der Waals surface area (Å²) in [6.45, 7) is 0. The highest BCUT2D eigenvalue weighted by Crippen LogP contribution is 2.28. The lowest BCUT2D eigenvalue weighted by molar-refractivity contribution is -0.384. The summed E-state index contributed by atoms with van der Waals surface area (Å²) in [4.78, 5) is 14.4. The zero-order chi connectivity index (χ0) is 15.4. The normalized spacial score (nSPS) is 9.76. The molecule has 2 N–H and O–H groups in total. The SMILES string of the molecule is CNc1ccc([N+](=O)[O-])c(Nc2ccc(F)cc2C#N)n1. The third-order valence-electron chi connectivity index (χ3n) is 2.68. The standard InChI is InChI=1S/C13H10FN5O2/c1-16-12-5-4-11(19(20)21)13(18-12)17-10-3-2-9(14)6-8(10)7-15/h2-6H,1H3,(H2,16,17,18). The average Bonchev–Trinajstić information content (AvgIpc) is 2.48. The monoisotopic (exact) mass is 287 g/mol. The van der Waals surface area contributed by atoms with Crippen LogP contribution in [0.1, 0.15) is 5.56 Å². The van der Waals surface area contributed by atoms with Crippen molar-refractivity contribution in [1.82, 2.24) is 4.98 Å². The van der Waals surface area contributed by atoms with Gasteiger partial charge in [-0.25, -0.2) is 9.37 Å². The number of hydrogen-bond acceptors (Lipinski definition) is 6. The second kappa shape index (κ2) is 5.83. The summed E-state index contributed by atoms with van der Waals surface area (Å²) in [7, 11) is 1.62. The van der Waals surface area contributed by atoms with Crippen molar-refractivity contribution in [3.8, 4) is 6.07 Å². The Morgan fingerprint density at radius 2 is 2.14 bits per heavy atom. The van der Waals surface area contributed by atoms with Crippen molar-refractivity contribution in [2.75, 3.05) is 17.7 Å². The first-order valence-corrected chi connectivity index (χ1v) is 5.85. The van der Waals surface area contributed by atoms with Crippen LogP contribution in [0.3, 0.4) is 0 Å². The van der Waals surface area contributed by atoms with Crippen LogP contribution >= 0.6 is 0 Å². The van der Waals surface area contributed by atoms with Crippen molar-refractivity contribution < 1.29 is 9.31 Å². The van der Waals surface area contributed by atoms with Crippen molar-refractivity contribution in [3.63, 3.8) is 0 Å². The van der Waals surface area contributed by atoms with Crippen molar-refractivity contribution in [1.29, 1.82) is 5.26 Å². The fourth-order valence-corrected chi connectivity index (χ4v) is 1.68. The Morgan fingerprint density at radius 3 is 2.76 bits per heavy atom. The minimum absolute atomic E-state index is 0.0287. The van der Waals surface area contributed by atoms with Crippen LogP contribution in [0.4, 0.5) is 27.4 Å². The molecule has 0 radical (unpaired) electrons. The number of benzene rings is 1. The summed E-state index contributed by atoms with van der Waals surface area (Å²) < 4.78 is 13.1. The van der Waals surface area contributed by atoms with Gasteiger partial charge in [0.25, 0.3) is 0 Å². The molecular formula is C13H10FN5O2. The summed E-state index contributed by atoms with van der Waals surface area (Å²) >= 11 is 0. The van der Waals surface area contributed by atoms with Crippen molar-refractivity contribution in [3.05, 3.63) is 51.8 Å². The lowest BCUT2D eigenvalue weighted by Gasteiger charge is -2.09. The van der Waals surface area contributed by atoms with Crippen LogP contribution in [0.15, 0.2) is 30.3 Å². The fraction of sp³-hybridized carbons (Fsp3) is 0.0769. The van der Waals surface area contributed by atoms with Gasteiger partial charge in [0.15, 0.2) is 0 Å². The van der Waals surface area contributed by atoms with E-state index in [-0.39, 0.29) is 22.8 Å². The maximum absolute atomic E-state index is 13.1. The quantitative estimate of drug-likeness (QED) is 0.662. The molecule has 7 nitrogen and oxygen atoms in total. The number of aromatic nitrogens is 1. The van der Waals surface area contributed by atoms with E-state index in [0.717, 1.165) is 12.1 Å². The Kier molecular flexibility index (Phi) is 3.95. The van der Waals surface area contributed by atoms with E-state index in [4.69, 9.17) is 5.26 Å². The number of hydrogen-bond donors (Lipinski definition) is 2. The maximum atomic E-state index is 13.1. The Morgan fingerprint density at radius 1 is 1.38 bits per heavy atom. The van der Waals surface area contributed by atoms with Crippen LogP contribution in [0.5, 0.6) is 0 Å². The Balaban J connectivity index is 2.48. The molecule has 0 fully saturated rings. The van der Waals surface area contributed by atoms with Gasteiger partial charge in [-0.1, -0.05) is 0 Å². The topological polar surface area (TPSA) is 104 Å². The molecule has 0 spiro atoms. The number of halogens is 1. The predicted molar refractivity (Wildman–Crippen MR) is 74.8 cm³/mol. The minimum Gasteiger partial charge on any atom is -0.373 e. The molecule has 21 heavy (non-hydrogen) atoms. The highest BCUT2D eigenvalue weighted by molar-refractivity contribution is 5.71. The summed E-state index contributed by atoms with van der Waals surface area (Å²) in [6.07, 6.45) is 0. The van der Waals surface area contributed by atoms with Crippen LogP contribution in [0, 0.1) is 27.3 Å². The van der Waals surface area contributed by atoms with E-state index >= 15 is 0 Å². The Bertz CT molecular complexity index is 742. The fourth-order valence-electron chi connectivity index (χ4n) is 1.68. The molecule has 1 aromatic heterocycles. The molecule has 0 saturated heterocycles. The molecular weight excluding hydrogens is 277 g/mol. The summed E-state index contributed by atoms with van der Waals surface area (Å²) in [5.41, 5.74) is 0.0194. The van der Waals surface area contributed by atoms with Crippen LogP contribution in [0.2, 0.25) is 0 Å². The van der Waals surface area contributed by atoms with E-state index in [1.54, 1.807) is 7.05 Å². The van der Waals surface area contributed by atoms with Gasteiger partial charge in [0.1, 0.15) is 17.7 Å². The number of rotatable bonds is 4. The molecule has 106 valence electrons. The molecule has 0 aliphatic heterocycles. The van der Waals surface area contributed by atoms with Gasteiger partial charge < -0.3 is 10.6 Å². The minimum atomic E-state index is -0.593. The van der Waals surface area contributed by atoms with E-state index in [2.05, 4.69) is 15.6 Å². The highest BCUT2D eigenvalue weighted by Gasteiger charge is 2.17. The summed E-state index contributed by atoms with van der Waals surface area (Å²) in [5, 5.41) is 25.4. The zero-order valence-corrected chi connectivity index (χ0v) is 10.9. The van der Waals surface area contributed by atoms with Crippen LogP contribution < -0.4 is 10.6 Å². The van der Waals surface area contributed by atoms with E-state index in [1.807, 2.05) is 6.07 Å². The van der Waals surface area contributed by atoms with Gasteiger partial charge in [-0.05, 0) is 24.3 Å². The first kappa shape index (κ1) is 14.2. The number of nitriles is 1. The van der Waals surface area contributed by atoms with Crippen LogP contribution in [0.25, 0.3) is 0 Å². The molecule has 0 unspecified atom stereocenters. The number of nitro groups is 1. The lowest BCUT2D eigenvalue weighted by Crippen LogP contribution is -2.03. The number of nitrogens with one attached hydrogen (secondary N) is 2. The maximum Gasteiger partial charge on any atom is 0.311 e. The molecule has 8 heteroatoms. The van der Waals surface area contributed by atoms with E-state index < -0.39 is 10.7 Å². The number of anilines is 3. The van der Waals surface area contributed by atoms with Gasteiger partial charge in [-0.15, -0.1) is 0 Å². The van der Waals surface area contributed by atoms with E-state index in [1.165, 1.54) is 18.2 Å². The molecule has 2 rings (SSSR count). The third-order valence-corrected chi connectivity index (χ3v) is 2.68. The van der Waals surface area contributed by atoms with Crippen molar-refractivity contribution in [2.24, 2.45) is 0 Å². The smallest absolute Gasteiger partial charge is 0.311 e. The van der Waals surface area contributed by atoms with Crippen molar-refractivity contribution >= 4 is 23.0 Å². The first-order chi connectivity index (χ1) is 10.0. The average molecular weight is 287 g/mol. The third kappa shape index (κ3) is 3.03. The molecule has 0 saturated carbocycles. The highest BCUT2D eigenvalue weighted by atomic mass is 19.1. The number of pyridine rings is 1. The van der Waals surface area contributed by atoms with Crippen LogP contribution in [-0.4, -0.2) is 17.0 Å². The second-order valence-corrected chi connectivity index (χ2v) is 4.00.